The summed E-state index contributed by atoms with van der Waals surface area (Å²) < 4.78 is 0. The molecule has 1 aliphatic rings. The van der Waals surface area contributed by atoms with Gasteiger partial charge in [0.05, 0.1) is 19.0 Å². The molecule has 1 rings (SSSR count). The Morgan fingerprint density at radius 3 is 2.72 bits per heavy atom. The molecule has 0 radical (unpaired) electrons. The van der Waals surface area contributed by atoms with Crippen molar-refractivity contribution in [1.82, 2.24) is 10.6 Å². The van der Waals surface area contributed by atoms with E-state index in [0.29, 0.717) is 25.6 Å². The van der Waals surface area contributed by atoms with Crippen molar-refractivity contribution in [2.24, 2.45) is 5.92 Å². The summed E-state index contributed by atoms with van der Waals surface area (Å²) in [4.78, 5) is 11.5. The van der Waals surface area contributed by atoms with Gasteiger partial charge in [-0.2, -0.15) is 5.26 Å². The molecule has 18 heavy (non-hydrogen) atoms. The van der Waals surface area contributed by atoms with E-state index >= 15 is 0 Å². The van der Waals surface area contributed by atoms with Crippen LogP contribution in [0.2, 0.25) is 0 Å². The van der Waals surface area contributed by atoms with Gasteiger partial charge in [-0.05, 0) is 25.2 Å². The third-order valence-electron chi connectivity index (χ3n) is 3.74. The van der Waals surface area contributed by atoms with Crippen LogP contribution in [0.1, 0.15) is 51.9 Å². The zero-order chi connectivity index (χ0) is 13.2. The van der Waals surface area contributed by atoms with E-state index in [1.54, 1.807) is 0 Å². The summed E-state index contributed by atoms with van der Waals surface area (Å²) in [7, 11) is 0. The molecule has 1 aliphatic carbocycles. The SMILES string of the molecule is CCC(NCC(=O)NCCC#N)C1CCCCC1. The molecule has 1 atom stereocenters. The van der Waals surface area contributed by atoms with E-state index in [0.717, 1.165) is 12.3 Å². The number of nitrogens with one attached hydrogen (secondary N) is 2. The van der Waals surface area contributed by atoms with Crippen LogP contribution in [0.3, 0.4) is 0 Å². The van der Waals surface area contributed by atoms with E-state index in [9.17, 15) is 4.79 Å². The number of hydrogen-bond donors (Lipinski definition) is 2. The van der Waals surface area contributed by atoms with Gasteiger partial charge in [-0.25, -0.2) is 0 Å². The van der Waals surface area contributed by atoms with E-state index in [-0.39, 0.29) is 5.91 Å². The number of rotatable bonds is 7. The molecule has 0 aliphatic heterocycles. The van der Waals surface area contributed by atoms with Crippen molar-refractivity contribution in [3.8, 4) is 6.07 Å². The fourth-order valence-corrected chi connectivity index (χ4v) is 2.72. The molecule has 4 heteroatoms. The quantitative estimate of drug-likeness (QED) is 0.680. The first-order chi connectivity index (χ1) is 8.77. The smallest absolute Gasteiger partial charge is 0.233 e. The highest BCUT2D eigenvalue weighted by Crippen LogP contribution is 2.27. The molecule has 4 nitrogen and oxygen atoms in total. The van der Waals surface area contributed by atoms with Crippen LogP contribution in [0, 0.1) is 17.2 Å². The minimum Gasteiger partial charge on any atom is -0.354 e. The fraction of sp³-hybridized carbons (Fsp3) is 0.857. The number of amides is 1. The predicted octanol–water partition coefficient (Wildman–Crippen LogP) is 1.96. The Labute approximate surface area is 110 Å². The standard InChI is InChI=1S/C14H25N3O/c1-2-13(12-7-4-3-5-8-12)17-11-14(18)16-10-6-9-15/h12-13,17H,2-8,10-11H2,1H3,(H,16,18). The van der Waals surface area contributed by atoms with E-state index in [1.807, 2.05) is 6.07 Å². The van der Waals surface area contributed by atoms with Gasteiger partial charge < -0.3 is 10.6 Å². The molecule has 1 unspecified atom stereocenters. The first kappa shape index (κ1) is 15.0. The second-order valence-electron chi connectivity index (χ2n) is 5.05. The highest BCUT2D eigenvalue weighted by molar-refractivity contribution is 5.77. The lowest BCUT2D eigenvalue weighted by molar-refractivity contribution is -0.120. The van der Waals surface area contributed by atoms with Gasteiger partial charge in [-0.3, -0.25) is 4.79 Å². The monoisotopic (exact) mass is 251 g/mol. The summed E-state index contributed by atoms with van der Waals surface area (Å²) in [6.45, 7) is 3.01. The van der Waals surface area contributed by atoms with E-state index in [2.05, 4.69) is 17.6 Å². The number of nitriles is 1. The second kappa shape index (κ2) is 8.93. The number of carbonyl (C=O) groups excluding carboxylic acids is 1. The van der Waals surface area contributed by atoms with Gasteiger partial charge >= 0.3 is 0 Å². The summed E-state index contributed by atoms with van der Waals surface area (Å²) in [5.41, 5.74) is 0. The normalized spacial score (nSPS) is 18.0. The Balaban J connectivity index is 2.21. The zero-order valence-electron chi connectivity index (χ0n) is 11.4. The summed E-state index contributed by atoms with van der Waals surface area (Å²) >= 11 is 0. The van der Waals surface area contributed by atoms with Gasteiger partial charge in [0, 0.05) is 12.6 Å². The average molecular weight is 251 g/mol. The van der Waals surface area contributed by atoms with E-state index in [4.69, 9.17) is 5.26 Å². The highest BCUT2D eigenvalue weighted by atomic mass is 16.1. The fourth-order valence-electron chi connectivity index (χ4n) is 2.72. The molecular formula is C14H25N3O. The van der Waals surface area contributed by atoms with Crippen LogP contribution in [-0.4, -0.2) is 25.0 Å². The summed E-state index contributed by atoms with van der Waals surface area (Å²) in [5.74, 6) is 0.732. The van der Waals surface area contributed by atoms with Crippen LogP contribution in [0.25, 0.3) is 0 Å². The number of carbonyl (C=O) groups is 1. The third kappa shape index (κ3) is 5.50. The van der Waals surface area contributed by atoms with Crippen molar-refractivity contribution in [2.45, 2.75) is 57.9 Å². The molecule has 0 spiro atoms. The van der Waals surface area contributed by atoms with Crippen LogP contribution < -0.4 is 10.6 Å². The molecule has 0 bridgehead atoms. The maximum absolute atomic E-state index is 11.5. The van der Waals surface area contributed by atoms with Crippen LogP contribution in [0.4, 0.5) is 0 Å². The molecule has 1 fully saturated rings. The Bertz CT molecular complexity index is 279. The van der Waals surface area contributed by atoms with Crippen molar-refractivity contribution in [1.29, 1.82) is 5.26 Å². The third-order valence-corrected chi connectivity index (χ3v) is 3.74. The lowest BCUT2D eigenvalue weighted by Gasteiger charge is -2.30. The van der Waals surface area contributed by atoms with Crippen LogP contribution in [-0.2, 0) is 4.79 Å². The molecular weight excluding hydrogens is 226 g/mol. The molecule has 0 aromatic carbocycles. The largest absolute Gasteiger partial charge is 0.354 e. The van der Waals surface area contributed by atoms with Gasteiger partial charge in [-0.15, -0.1) is 0 Å². The summed E-state index contributed by atoms with van der Waals surface area (Å²) in [5, 5.41) is 14.5. The molecule has 1 saturated carbocycles. The van der Waals surface area contributed by atoms with E-state index in [1.165, 1.54) is 32.1 Å². The van der Waals surface area contributed by atoms with Gasteiger partial charge in [0.15, 0.2) is 0 Å². The Kier molecular flexibility index (Phi) is 7.43. The van der Waals surface area contributed by atoms with Gasteiger partial charge in [0.1, 0.15) is 0 Å². The van der Waals surface area contributed by atoms with Crippen molar-refractivity contribution in [3.05, 3.63) is 0 Å². The molecule has 1 amide bonds. The molecule has 102 valence electrons. The second-order valence-corrected chi connectivity index (χ2v) is 5.05. The van der Waals surface area contributed by atoms with Crippen LogP contribution in [0.5, 0.6) is 0 Å². The van der Waals surface area contributed by atoms with Gasteiger partial charge in [0.25, 0.3) is 0 Å². The Morgan fingerprint density at radius 2 is 2.11 bits per heavy atom. The average Bonchev–Trinajstić information content (AvgIpc) is 2.41. The number of hydrogen-bond acceptors (Lipinski definition) is 3. The molecule has 0 aromatic heterocycles. The lowest BCUT2D eigenvalue weighted by Crippen LogP contribution is -2.43. The topological polar surface area (TPSA) is 64.9 Å². The van der Waals surface area contributed by atoms with E-state index < -0.39 is 0 Å². The minimum atomic E-state index is -0.000454. The van der Waals surface area contributed by atoms with Crippen molar-refractivity contribution < 1.29 is 4.79 Å². The van der Waals surface area contributed by atoms with Crippen LogP contribution >= 0.6 is 0 Å². The summed E-state index contributed by atoms with van der Waals surface area (Å²) in [6, 6.07) is 2.48. The Morgan fingerprint density at radius 1 is 1.39 bits per heavy atom. The molecule has 0 heterocycles. The summed E-state index contributed by atoms with van der Waals surface area (Å²) in [6.07, 6.45) is 8.07. The van der Waals surface area contributed by atoms with Crippen LogP contribution in [0.15, 0.2) is 0 Å². The minimum absolute atomic E-state index is 0.000454. The predicted molar refractivity (Wildman–Crippen MR) is 71.9 cm³/mol. The van der Waals surface area contributed by atoms with Crippen molar-refractivity contribution >= 4 is 5.91 Å². The Hall–Kier alpha value is -1.08. The van der Waals surface area contributed by atoms with Crippen molar-refractivity contribution in [2.75, 3.05) is 13.1 Å². The maximum atomic E-state index is 11.5. The zero-order valence-corrected chi connectivity index (χ0v) is 11.4. The lowest BCUT2D eigenvalue weighted by atomic mass is 9.83. The van der Waals surface area contributed by atoms with Gasteiger partial charge in [0.2, 0.25) is 5.91 Å². The maximum Gasteiger partial charge on any atom is 0.233 e. The first-order valence-electron chi connectivity index (χ1n) is 7.15. The molecule has 2 N–H and O–H groups in total. The molecule has 0 aromatic rings. The first-order valence-corrected chi connectivity index (χ1v) is 7.15. The number of nitrogens with zero attached hydrogens (tertiary/aromatic N) is 1. The van der Waals surface area contributed by atoms with Gasteiger partial charge in [-0.1, -0.05) is 26.2 Å². The van der Waals surface area contributed by atoms with Crippen molar-refractivity contribution in [3.63, 3.8) is 0 Å². The molecule has 0 saturated heterocycles. The highest BCUT2D eigenvalue weighted by Gasteiger charge is 2.22.